The molecule has 0 unspecified atom stereocenters. The molecule has 0 aliphatic rings. The highest BCUT2D eigenvalue weighted by Gasteiger charge is 2.09. The molecule has 4 nitrogen and oxygen atoms in total. The van der Waals surface area contributed by atoms with Crippen molar-refractivity contribution >= 4 is 23.0 Å². The number of nitrogens with one attached hydrogen (secondary N) is 1. The van der Waals surface area contributed by atoms with E-state index in [1.807, 2.05) is 0 Å². The number of anilines is 1. The topological polar surface area (TPSA) is 63.8 Å². The van der Waals surface area contributed by atoms with Gasteiger partial charge in [0.15, 0.2) is 5.82 Å². The largest absolute Gasteiger partial charge is 0.388 e. The zero-order chi connectivity index (χ0) is 13.8. The molecule has 0 aliphatic heterocycles. The molecule has 1 heterocycles. The Kier molecular flexibility index (Phi) is 3.96. The lowest BCUT2D eigenvalue weighted by atomic mass is 10.2. The van der Waals surface area contributed by atoms with Crippen molar-refractivity contribution in [2.24, 2.45) is 5.73 Å². The highest BCUT2D eigenvalue weighted by Crippen LogP contribution is 2.13. The minimum absolute atomic E-state index is 0.0535. The van der Waals surface area contributed by atoms with Crippen LogP contribution in [0, 0.1) is 11.6 Å². The lowest BCUT2D eigenvalue weighted by Crippen LogP contribution is -2.16. The minimum atomic E-state index is -0.507. The molecule has 0 radical (unpaired) electrons. The van der Waals surface area contributed by atoms with Gasteiger partial charge in [-0.2, -0.15) is 0 Å². The molecule has 0 aliphatic carbocycles. The number of thiocarbonyl (C=S) groups is 1. The first-order valence-electron chi connectivity index (χ1n) is 5.36. The maximum absolute atomic E-state index is 13.4. The summed E-state index contributed by atoms with van der Waals surface area (Å²) >= 11 is 4.83. The molecule has 0 fully saturated rings. The number of hydrogen-bond acceptors (Lipinski definition) is 4. The van der Waals surface area contributed by atoms with E-state index in [4.69, 9.17) is 18.0 Å². The summed E-state index contributed by atoms with van der Waals surface area (Å²) in [7, 11) is 0. The molecule has 3 N–H and O–H groups in total. The normalized spacial score (nSPS) is 10.2. The van der Waals surface area contributed by atoms with E-state index in [2.05, 4.69) is 15.3 Å². The third-order valence-corrected chi connectivity index (χ3v) is 2.58. The fourth-order valence-corrected chi connectivity index (χ4v) is 1.65. The SMILES string of the molecule is NC(=S)c1nccnc1NCc1cc(F)ccc1F. The van der Waals surface area contributed by atoms with Crippen LogP contribution in [0.15, 0.2) is 30.6 Å². The van der Waals surface area contributed by atoms with Crippen molar-refractivity contribution in [2.45, 2.75) is 6.54 Å². The standard InChI is InChI=1S/C12H10F2N4S/c13-8-1-2-9(14)7(5-8)6-18-12-10(11(15)19)16-3-4-17-12/h1-5H,6H2,(H2,15,19)(H,17,18). The zero-order valence-corrected chi connectivity index (χ0v) is 10.5. The van der Waals surface area contributed by atoms with Crippen LogP contribution in [-0.2, 0) is 6.54 Å². The maximum atomic E-state index is 13.4. The smallest absolute Gasteiger partial charge is 0.155 e. The van der Waals surface area contributed by atoms with Crippen molar-refractivity contribution in [1.29, 1.82) is 0 Å². The monoisotopic (exact) mass is 280 g/mol. The van der Waals surface area contributed by atoms with Crippen LogP contribution in [0.5, 0.6) is 0 Å². The van der Waals surface area contributed by atoms with Gasteiger partial charge in [-0.25, -0.2) is 18.7 Å². The van der Waals surface area contributed by atoms with E-state index >= 15 is 0 Å². The Bertz CT molecular complexity index is 618. The van der Waals surface area contributed by atoms with Crippen molar-refractivity contribution in [2.75, 3.05) is 5.32 Å². The molecule has 2 aromatic rings. The second-order valence-electron chi connectivity index (χ2n) is 3.71. The summed E-state index contributed by atoms with van der Waals surface area (Å²) in [5.74, 6) is -0.680. The van der Waals surface area contributed by atoms with Gasteiger partial charge in [-0.05, 0) is 18.2 Å². The van der Waals surface area contributed by atoms with Crippen LogP contribution in [0.3, 0.4) is 0 Å². The number of aromatic nitrogens is 2. The van der Waals surface area contributed by atoms with Crippen LogP contribution in [0.1, 0.15) is 11.3 Å². The van der Waals surface area contributed by atoms with E-state index < -0.39 is 11.6 Å². The van der Waals surface area contributed by atoms with Gasteiger partial charge in [-0.15, -0.1) is 0 Å². The van der Waals surface area contributed by atoms with Crippen molar-refractivity contribution in [1.82, 2.24) is 9.97 Å². The predicted molar refractivity (Wildman–Crippen MR) is 71.6 cm³/mol. The first kappa shape index (κ1) is 13.3. The van der Waals surface area contributed by atoms with Crippen molar-refractivity contribution in [3.05, 3.63) is 53.5 Å². The van der Waals surface area contributed by atoms with E-state index in [0.717, 1.165) is 18.2 Å². The summed E-state index contributed by atoms with van der Waals surface area (Å²) in [5, 5.41) is 2.83. The molecule has 7 heteroatoms. The summed E-state index contributed by atoms with van der Waals surface area (Å²) < 4.78 is 26.5. The summed E-state index contributed by atoms with van der Waals surface area (Å²) in [4.78, 5) is 8.06. The van der Waals surface area contributed by atoms with E-state index in [1.54, 1.807) is 0 Å². The highest BCUT2D eigenvalue weighted by molar-refractivity contribution is 7.80. The zero-order valence-electron chi connectivity index (χ0n) is 9.73. The lowest BCUT2D eigenvalue weighted by molar-refractivity contribution is 0.587. The van der Waals surface area contributed by atoms with Gasteiger partial charge in [0, 0.05) is 24.5 Å². The third-order valence-electron chi connectivity index (χ3n) is 2.39. The van der Waals surface area contributed by atoms with E-state index in [9.17, 15) is 8.78 Å². The van der Waals surface area contributed by atoms with Crippen LogP contribution in [0.4, 0.5) is 14.6 Å². The van der Waals surface area contributed by atoms with Gasteiger partial charge in [0.1, 0.15) is 22.3 Å². The molecule has 0 bridgehead atoms. The van der Waals surface area contributed by atoms with Gasteiger partial charge < -0.3 is 11.1 Å². The Morgan fingerprint density at radius 3 is 2.74 bits per heavy atom. The number of nitrogens with two attached hydrogens (primary N) is 1. The molecular weight excluding hydrogens is 270 g/mol. The summed E-state index contributed by atoms with van der Waals surface area (Å²) in [6, 6.07) is 3.23. The summed E-state index contributed by atoms with van der Waals surface area (Å²) in [6.45, 7) is 0.0535. The molecule has 2 rings (SSSR count). The molecule has 0 spiro atoms. The lowest BCUT2D eigenvalue weighted by Gasteiger charge is -2.09. The van der Waals surface area contributed by atoms with Crippen molar-refractivity contribution < 1.29 is 8.78 Å². The van der Waals surface area contributed by atoms with Crippen LogP contribution < -0.4 is 11.1 Å². The molecule has 98 valence electrons. The fraction of sp³-hybridized carbons (Fsp3) is 0.0833. The molecule has 1 aromatic carbocycles. The molecule has 1 aromatic heterocycles. The number of halogens is 2. The highest BCUT2D eigenvalue weighted by atomic mass is 32.1. The fourth-order valence-electron chi connectivity index (χ4n) is 1.51. The van der Waals surface area contributed by atoms with Crippen LogP contribution in [0.25, 0.3) is 0 Å². The molecule has 0 saturated carbocycles. The molecule has 0 atom stereocenters. The van der Waals surface area contributed by atoms with E-state index in [0.29, 0.717) is 11.5 Å². The first-order valence-corrected chi connectivity index (χ1v) is 5.77. The average Bonchev–Trinajstić information content (AvgIpc) is 2.40. The Labute approximate surface area is 113 Å². The Balaban J connectivity index is 2.19. The second-order valence-corrected chi connectivity index (χ2v) is 4.15. The Morgan fingerprint density at radius 1 is 1.26 bits per heavy atom. The molecule has 0 saturated heterocycles. The Hall–Kier alpha value is -2.15. The summed E-state index contributed by atoms with van der Waals surface area (Å²) in [6.07, 6.45) is 2.90. The first-order chi connectivity index (χ1) is 9.08. The number of nitrogens with zero attached hydrogens (tertiary/aromatic N) is 2. The van der Waals surface area contributed by atoms with E-state index in [-0.39, 0.29) is 17.1 Å². The molecule has 0 amide bonds. The number of benzene rings is 1. The average molecular weight is 280 g/mol. The van der Waals surface area contributed by atoms with Gasteiger partial charge in [0.2, 0.25) is 0 Å². The van der Waals surface area contributed by atoms with Gasteiger partial charge in [-0.3, -0.25) is 0 Å². The van der Waals surface area contributed by atoms with Gasteiger partial charge in [0.05, 0.1) is 0 Å². The quantitative estimate of drug-likeness (QED) is 0.839. The van der Waals surface area contributed by atoms with Gasteiger partial charge in [0.25, 0.3) is 0 Å². The van der Waals surface area contributed by atoms with Gasteiger partial charge in [-0.1, -0.05) is 12.2 Å². The third kappa shape index (κ3) is 3.19. The molecule has 19 heavy (non-hydrogen) atoms. The maximum Gasteiger partial charge on any atom is 0.155 e. The summed E-state index contributed by atoms with van der Waals surface area (Å²) in [5.41, 5.74) is 5.99. The second kappa shape index (κ2) is 5.66. The van der Waals surface area contributed by atoms with Crippen LogP contribution in [0.2, 0.25) is 0 Å². The van der Waals surface area contributed by atoms with E-state index in [1.165, 1.54) is 12.4 Å². The van der Waals surface area contributed by atoms with Crippen molar-refractivity contribution in [3.63, 3.8) is 0 Å². The number of rotatable bonds is 4. The minimum Gasteiger partial charge on any atom is -0.388 e. The van der Waals surface area contributed by atoms with Crippen molar-refractivity contribution in [3.8, 4) is 0 Å². The van der Waals surface area contributed by atoms with Gasteiger partial charge >= 0.3 is 0 Å². The van der Waals surface area contributed by atoms with Crippen LogP contribution in [-0.4, -0.2) is 15.0 Å². The molecular formula is C12H10F2N4S. The Morgan fingerprint density at radius 2 is 2.00 bits per heavy atom. The number of hydrogen-bond donors (Lipinski definition) is 2. The van der Waals surface area contributed by atoms with Crippen LogP contribution >= 0.6 is 12.2 Å². The predicted octanol–water partition coefficient (Wildman–Crippen LogP) is 2.00.